The van der Waals surface area contributed by atoms with Gasteiger partial charge < -0.3 is 15.4 Å². The molecule has 0 bridgehead atoms. The van der Waals surface area contributed by atoms with Gasteiger partial charge in [0, 0.05) is 13.7 Å². The Hall–Kier alpha value is -1.03. The predicted molar refractivity (Wildman–Crippen MR) is 65.4 cm³/mol. The molecule has 1 fully saturated rings. The molecule has 0 radical (unpaired) electrons. The number of methoxy groups -OCH3 is 1. The molecule has 2 aliphatic rings. The van der Waals surface area contributed by atoms with Gasteiger partial charge in [-0.2, -0.15) is 0 Å². The van der Waals surface area contributed by atoms with Crippen LogP contribution in [0.2, 0.25) is 0 Å². The van der Waals surface area contributed by atoms with Crippen LogP contribution in [-0.2, 0) is 4.74 Å². The first kappa shape index (κ1) is 11.5. The second-order valence-electron chi connectivity index (χ2n) is 4.73. The van der Waals surface area contributed by atoms with Gasteiger partial charge in [-0.15, -0.1) is 6.58 Å². The number of hydrogen-bond acceptors (Lipinski definition) is 4. The third kappa shape index (κ3) is 1.82. The molecule has 1 spiro atoms. The zero-order valence-corrected chi connectivity index (χ0v) is 9.98. The minimum atomic E-state index is 0.146. The van der Waals surface area contributed by atoms with Gasteiger partial charge in [0.15, 0.2) is 5.96 Å². The SMILES string of the molecule is C=CCN1C(N)=NCC12CCC(OC)CC2. The highest BCUT2D eigenvalue weighted by molar-refractivity contribution is 5.81. The zero-order valence-electron chi connectivity index (χ0n) is 9.98. The Bertz CT molecular complexity index is 293. The molecule has 16 heavy (non-hydrogen) atoms. The quantitative estimate of drug-likeness (QED) is 0.730. The van der Waals surface area contributed by atoms with Gasteiger partial charge in [-0.25, -0.2) is 0 Å². The lowest BCUT2D eigenvalue weighted by molar-refractivity contribution is 0.0256. The van der Waals surface area contributed by atoms with Gasteiger partial charge in [-0.3, -0.25) is 4.99 Å². The van der Waals surface area contributed by atoms with Crippen LogP contribution >= 0.6 is 0 Å². The predicted octanol–water partition coefficient (Wildman–Crippen LogP) is 1.13. The van der Waals surface area contributed by atoms with E-state index in [9.17, 15) is 0 Å². The molecule has 1 aliphatic heterocycles. The fraction of sp³-hybridized carbons (Fsp3) is 0.750. The summed E-state index contributed by atoms with van der Waals surface area (Å²) in [5.74, 6) is 0.677. The number of aliphatic imine (C=N–C) groups is 1. The van der Waals surface area contributed by atoms with Crippen LogP contribution in [0, 0.1) is 0 Å². The number of guanidine groups is 1. The van der Waals surface area contributed by atoms with E-state index >= 15 is 0 Å². The van der Waals surface area contributed by atoms with Gasteiger partial charge in [-0.1, -0.05) is 6.08 Å². The van der Waals surface area contributed by atoms with E-state index in [1.54, 1.807) is 7.11 Å². The van der Waals surface area contributed by atoms with Gasteiger partial charge in [0.1, 0.15) is 0 Å². The van der Waals surface area contributed by atoms with Crippen molar-refractivity contribution in [3.8, 4) is 0 Å². The van der Waals surface area contributed by atoms with Crippen molar-refractivity contribution in [2.45, 2.75) is 37.3 Å². The third-order valence-corrected chi connectivity index (χ3v) is 3.89. The molecule has 1 heterocycles. The van der Waals surface area contributed by atoms with Crippen LogP contribution in [0.1, 0.15) is 25.7 Å². The molecule has 0 aromatic rings. The normalized spacial score (nSPS) is 34.2. The summed E-state index contributed by atoms with van der Waals surface area (Å²) in [5.41, 5.74) is 6.08. The molecule has 1 aliphatic carbocycles. The van der Waals surface area contributed by atoms with Crippen LogP contribution in [0.15, 0.2) is 17.6 Å². The van der Waals surface area contributed by atoms with Crippen molar-refractivity contribution in [3.05, 3.63) is 12.7 Å². The lowest BCUT2D eigenvalue weighted by atomic mass is 9.79. The number of nitrogens with zero attached hydrogens (tertiary/aromatic N) is 2. The van der Waals surface area contributed by atoms with Crippen molar-refractivity contribution >= 4 is 5.96 Å². The standard InChI is InChI=1S/C12H21N3O/c1-3-8-15-11(13)14-9-12(15)6-4-10(16-2)5-7-12/h3,10H,1,4-9H2,2H3,(H2,13,14). The summed E-state index contributed by atoms with van der Waals surface area (Å²) in [4.78, 5) is 6.61. The van der Waals surface area contributed by atoms with Gasteiger partial charge in [-0.05, 0) is 25.7 Å². The Morgan fingerprint density at radius 2 is 2.31 bits per heavy atom. The minimum Gasteiger partial charge on any atom is -0.381 e. The van der Waals surface area contributed by atoms with Crippen LogP contribution in [0.25, 0.3) is 0 Å². The lowest BCUT2D eigenvalue weighted by Gasteiger charge is -2.43. The van der Waals surface area contributed by atoms with Crippen molar-refractivity contribution in [2.75, 3.05) is 20.2 Å². The number of ether oxygens (including phenoxy) is 1. The molecule has 0 unspecified atom stereocenters. The summed E-state index contributed by atoms with van der Waals surface area (Å²) in [7, 11) is 1.80. The van der Waals surface area contributed by atoms with Gasteiger partial charge in [0.25, 0.3) is 0 Å². The summed E-state index contributed by atoms with van der Waals surface area (Å²) >= 11 is 0. The molecule has 4 nitrogen and oxygen atoms in total. The highest BCUT2D eigenvalue weighted by Gasteiger charge is 2.44. The van der Waals surface area contributed by atoms with Crippen LogP contribution in [0.3, 0.4) is 0 Å². The van der Waals surface area contributed by atoms with Crippen molar-refractivity contribution in [1.82, 2.24) is 4.90 Å². The van der Waals surface area contributed by atoms with Crippen LogP contribution in [-0.4, -0.2) is 42.7 Å². The van der Waals surface area contributed by atoms with Gasteiger partial charge in [0.2, 0.25) is 0 Å². The zero-order chi connectivity index (χ0) is 11.6. The Balaban J connectivity index is 2.06. The average molecular weight is 223 g/mol. The molecule has 90 valence electrons. The maximum atomic E-state index is 5.93. The van der Waals surface area contributed by atoms with Crippen LogP contribution in [0.4, 0.5) is 0 Å². The van der Waals surface area contributed by atoms with E-state index in [4.69, 9.17) is 10.5 Å². The molecule has 2 rings (SSSR count). The summed E-state index contributed by atoms with van der Waals surface area (Å²) in [5, 5.41) is 0. The average Bonchev–Trinajstić information content (AvgIpc) is 2.60. The van der Waals surface area contributed by atoms with E-state index in [2.05, 4.69) is 16.5 Å². The summed E-state index contributed by atoms with van der Waals surface area (Å²) in [6.07, 6.45) is 6.75. The van der Waals surface area contributed by atoms with Crippen molar-refractivity contribution < 1.29 is 4.74 Å². The second kappa shape index (κ2) is 4.45. The third-order valence-electron chi connectivity index (χ3n) is 3.89. The molecular formula is C12H21N3O. The topological polar surface area (TPSA) is 50.8 Å². The first-order chi connectivity index (χ1) is 7.72. The molecule has 0 aromatic carbocycles. The smallest absolute Gasteiger partial charge is 0.192 e. The first-order valence-electron chi connectivity index (χ1n) is 5.93. The Morgan fingerprint density at radius 3 is 2.88 bits per heavy atom. The van der Waals surface area contributed by atoms with E-state index in [1.807, 2.05) is 6.08 Å². The van der Waals surface area contributed by atoms with E-state index in [-0.39, 0.29) is 5.54 Å². The number of hydrogen-bond donors (Lipinski definition) is 1. The summed E-state index contributed by atoms with van der Waals surface area (Å²) in [6, 6.07) is 0. The summed E-state index contributed by atoms with van der Waals surface area (Å²) in [6.45, 7) is 5.43. The molecular weight excluding hydrogens is 202 g/mol. The van der Waals surface area contributed by atoms with Crippen molar-refractivity contribution in [1.29, 1.82) is 0 Å². The maximum absolute atomic E-state index is 5.93. The van der Waals surface area contributed by atoms with Crippen molar-refractivity contribution in [2.24, 2.45) is 10.7 Å². The molecule has 0 aromatic heterocycles. The second-order valence-corrected chi connectivity index (χ2v) is 4.73. The molecule has 2 N–H and O–H groups in total. The van der Waals surface area contributed by atoms with Crippen LogP contribution < -0.4 is 5.73 Å². The number of rotatable bonds is 3. The molecule has 0 amide bonds. The fourth-order valence-corrected chi connectivity index (χ4v) is 2.85. The number of nitrogens with two attached hydrogens (primary N) is 1. The Morgan fingerprint density at radius 1 is 1.62 bits per heavy atom. The van der Waals surface area contributed by atoms with Crippen LogP contribution in [0.5, 0.6) is 0 Å². The Kier molecular flexibility index (Phi) is 3.19. The Labute approximate surface area is 97.2 Å². The highest BCUT2D eigenvalue weighted by Crippen LogP contribution is 2.37. The van der Waals surface area contributed by atoms with Gasteiger partial charge in [0.05, 0.1) is 18.2 Å². The van der Waals surface area contributed by atoms with E-state index in [1.165, 1.54) is 0 Å². The highest BCUT2D eigenvalue weighted by atomic mass is 16.5. The largest absolute Gasteiger partial charge is 0.381 e. The monoisotopic (exact) mass is 223 g/mol. The minimum absolute atomic E-state index is 0.146. The molecule has 4 heteroatoms. The van der Waals surface area contributed by atoms with Crippen molar-refractivity contribution in [3.63, 3.8) is 0 Å². The van der Waals surface area contributed by atoms with E-state index in [0.29, 0.717) is 12.1 Å². The molecule has 0 saturated heterocycles. The fourth-order valence-electron chi connectivity index (χ4n) is 2.85. The summed E-state index contributed by atoms with van der Waals surface area (Å²) < 4.78 is 5.41. The lowest BCUT2D eigenvalue weighted by Crippen LogP contribution is -2.54. The van der Waals surface area contributed by atoms with E-state index in [0.717, 1.165) is 38.8 Å². The van der Waals surface area contributed by atoms with E-state index < -0.39 is 0 Å². The first-order valence-corrected chi connectivity index (χ1v) is 5.93. The maximum Gasteiger partial charge on any atom is 0.192 e. The molecule has 0 atom stereocenters. The van der Waals surface area contributed by atoms with Gasteiger partial charge >= 0.3 is 0 Å². The molecule has 1 saturated carbocycles.